The molecular formula is C62H114N2O23. The maximum atomic E-state index is 13.4. The van der Waals surface area contributed by atoms with Crippen molar-refractivity contribution in [3.63, 3.8) is 0 Å². The Kier molecular flexibility index (Phi) is 38.8. The Morgan fingerprint density at radius 2 is 0.828 bits per heavy atom. The van der Waals surface area contributed by atoms with Gasteiger partial charge in [-0.25, -0.2) is 0 Å². The SMILES string of the molecule is CCCCCCCCCCCCCC=CC(O)C(COC1O[C@H](CO)[C@@H](O[C@@H]2O[C@H](CO)[C@H](O[C@@H]3O[C@H](CO)[C@H](O)[C@H](O[C@@H]4O[C@H](CO)[C@H](O)[C@H](O)[C@H]4O)[C@H]3NC(C)=O)[C@H](O)[C@H]2O)[C@H](O)[C@H]1O)NC(=O)CCCCCCCCCCCCCCCCC. The van der Waals surface area contributed by atoms with Crippen molar-refractivity contribution in [3.8, 4) is 0 Å². The summed E-state index contributed by atoms with van der Waals surface area (Å²) >= 11 is 0. The van der Waals surface area contributed by atoms with E-state index in [4.69, 9.17) is 37.9 Å². The maximum absolute atomic E-state index is 13.4. The van der Waals surface area contributed by atoms with Gasteiger partial charge in [0.2, 0.25) is 11.8 Å². The minimum Gasteiger partial charge on any atom is -0.394 e. The van der Waals surface area contributed by atoms with Crippen LogP contribution in [0.5, 0.6) is 0 Å². The number of hydrogen-bond acceptors (Lipinski definition) is 23. The molecule has 15 N–H and O–H groups in total. The zero-order valence-corrected chi connectivity index (χ0v) is 52.1. The molecule has 0 aromatic rings. The number of ether oxygens (including phenoxy) is 8. The lowest BCUT2D eigenvalue weighted by Crippen LogP contribution is -2.70. The first-order chi connectivity index (χ1) is 42.0. The molecule has 0 aromatic carbocycles. The van der Waals surface area contributed by atoms with Crippen LogP contribution in [0.1, 0.15) is 201 Å². The predicted molar refractivity (Wildman–Crippen MR) is 317 cm³/mol. The highest BCUT2D eigenvalue weighted by molar-refractivity contribution is 5.76. The summed E-state index contributed by atoms with van der Waals surface area (Å²) in [5.74, 6) is -1.06. The van der Waals surface area contributed by atoms with E-state index in [1.807, 2.05) is 6.08 Å². The number of aliphatic hydroxyl groups excluding tert-OH is 13. The van der Waals surface area contributed by atoms with Crippen LogP contribution in [-0.4, -0.2) is 246 Å². The molecule has 0 spiro atoms. The van der Waals surface area contributed by atoms with Gasteiger partial charge in [-0.2, -0.15) is 0 Å². The van der Waals surface area contributed by atoms with Crippen molar-refractivity contribution in [1.82, 2.24) is 10.6 Å². The van der Waals surface area contributed by atoms with Crippen molar-refractivity contribution in [3.05, 3.63) is 12.2 Å². The summed E-state index contributed by atoms with van der Waals surface area (Å²) in [6.45, 7) is 1.59. The van der Waals surface area contributed by atoms with Crippen molar-refractivity contribution < 1.29 is 114 Å². The van der Waals surface area contributed by atoms with Gasteiger partial charge < -0.3 is 115 Å². The standard InChI is InChI=1S/C62H114N2O23/c1-4-6-8-10-12-14-16-18-19-21-23-25-27-29-31-33-46(71)64-40(41(70)32-30-28-26-24-22-20-17-15-13-11-9-7-5-2)38-80-60-54(78)51(75)57(44(36-67)83-60)86-62-55(79)52(76)56(45(37-68)84-62)85-59-47(63-39(3)69)58(49(73)43(35-66)81-59)87-61-53(77)50(74)48(72)42(34-65)82-61/h30,32,40-45,47-62,65-68,70,72-79H,4-29,31,33-38H2,1-3H3,(H,63,69)(H,64,71)/t40?,41?,42-,43-,44-,45-,47-,48+,49+,50+,51-,52-,53-,54-,55-,56+,57-,58-,59+,60?,61+,62+/m1/s1. The van der Waals surface area contributed by atoms with Gasteiger partial charge in [0.15, 0.2) is 25.2 Å². The Balaban J connectivity index is 1.36. The Bertz CT molecular complexity index is 1830. The fraction of sp³-hybridized carbons (Fsp3) is 0.935. The molecule has 0 aliphatic carbocycles. The summed E-state index contributed by atoms with van der Waals surface area (Å²) < 4.78 is 46.7. The Morgan fingerprint density at radius 1 is 0.448 bits per heavy atom. The van der Waals surface area contributed by atoms with E-state index in [-0.39, 0.29) is 12.3 Å². The molecule has 25 nitrogen and oxygen atoms in total. The van der Waals surface area contributed by atoms with Crippen molar-refractivity contribution in [2.24, 2.45) is 0 Å². The van der Waals surface area contributed by atoms with E-state index >= 15 is 0 Å². The topological polar surface area (TPSA) is 395 Å². The molecule has 0 saturated carbocycles. The van der Waals surface area contributed by atoms with Gasteiger partial charge in [-0.1, -0.05) is 180 Å². The van der Waals surface area contributed by atoms with Crippen LogP contribution in [-0.2, 0) is 47.5 Å². The lowest BCUT2D eigenvalue weighted by atomic mass is 9.94. The third-order valence-electron chi connectivity index (χ3n) is 17.1. The van der Waals surface area contributed by atoms with Crippen LogP contribution in [0.15, 0.2) is 12.2 Å². The fourth-order valence-corrected chi connectivity index (χ4v) is 11.7. The van der Waals surface area contributed by atoms with Crippen LogP contribution < -0.4 is 10.6 Å². The van der Waals surface area contributed by atoms with Crippen molar-refractivity contribution in [2.75, 3.05) is 33.0 Å². The molecule has 4 fully saturated rings. The predicted octanol–water partition coefficient (Wildman–Crippen LogP) is 1.78. The minimum atomic E-state index is -2.10. The van der Waals surface area contributed by atoms with Gasteiger partial charge in [-0.05, 0) is 19.3 Å². The molecule has 25 heteroatoms. The van der Waals surface area contributed by atoms with Crippen LogP contribution in [0.25, 0.3) is 0 Å². The average molecular weight is 1260 g/mol. The summed E-state index contributed by atoms with van der Waals surface area (Å²) in [7, 11) is 0. The maximum Gasteiger partial charge on any atom is 0.220 e. The number of aliphatic hydroxyl groups is 13. The summed E-state index contributed by atoms with van der Waals surface area (Å²) in [5.41, 5.74) is 0. The largest absolute Gasteiger partial charge is 0.394 e. The molecule has 4 aliphatic heterocycles. The first kappa shape index (κ1) is 77.3. The zero-order chi connectivity index (χ0) is 63.7. The van der Waals surface area contributed by atoms with E-state index < -0.39 is 174 Å². The van der Waals surface area contributed by atoms with Gasteiger partial charge in [-0.15, -0.1) is 0 Å². The molecule has 4 rings (SSSR count). The van der Waals surface area contributed by atoms with Crippen molar-refractivity contribution >= 4 is 11.8 Å². The van der Waals surface area contributed by atoms with Crippen molar-refractivity contribution in [1.29, 1.82) is 0 Å². The Morgan fingerprint density at radius 3 is 1.30 bits per heavy atom. The van der Waals surface area contributed by atoms with E-state index in [1.54, 1.807) is 6.08 Å². The number of carbonyl (C=O) groups is 2. The summed E-state index contributed by atoms with van der Waals surface area (Å²) in [6, 6.07) is -2.62. The van der Waals surface area contributed by atoms with Gasteiger partial charge >= 0.3 is 0 Å². The molecule has 4 saturated heterocycles. The molecule has 4 aliphatic rings. The second-order valence-electron chi connectivity index (χ2n) is 24.3. The van der Waals surface area contributed by atoms with Crippen LogP contribution in [0.2, 0.25) is 0 Å². The van der Waals surface area contributed by atoms with Gasteiger partial charge in [-0.3, -0.25) is 9.59 Å². The second kappa shape index (κ2) is 43.6. The highest BCUT2D eigenvalue weighted by Gasteiger charge is 2.56. The van der Waals surface area contributed by atoms with Gasteiger partial charge in [0.25, 0.3) is 0 Å². The number of rotatable bonds is 45. The number of hydrogen-bond donors (Lipinski definition) is 15. The lowest BCUT2D eigenvalue weighted by Gasteiger charge is -2.50. The number of allylic oxidation sites excluding steroid dienone is 1. The van der Waals surface area contributed by atoms with Gasteiger partial charge in [0.1, 0.15) is 97.6 Å². The average Bonchev–Trinajstić information content (AvgIpc) is 3.37. The quantitative estimate of drug-likeness (QED) is 0.0305. The summed E-state index contributed by atoms with van der Waals surface area (Å²) in [4.78, 5) is 26.0. The molecule has 87 heavy (non-hydrogen) atoms. The number of nitrogens with one attached hydrogen (secondary N) is 2. The van der Waals surface area contributed by atoms with E-state index in [0.29, 0.717) is 12.8 Å². The molecule has 0 aromatic heterocycles. The van der Waals surface area contributed by atoms with Gasteiger partial charge in [0.05, 0.1) is 45.2 Å². The Hall–Kier alpha value is -2.16. The Labute approximate surface area is 515 Å². The monoisotopic (exact) mass is 1250 g/mol. The normalized spacial score (nSPS) is 33.8. The third-order valence-corrected chi connectivity index (χ3v) is 17.1. The van der Waals surface area contributed by atoms with Crippen LogP contribution in [0.3, 0.4) is 0 Å². The minimum absolute atomic E-state index is 0.217. The van der Waals surface area contributed by atoms with Gasteiger partial charge in [0, 0.05) is 13.3 Å². The van der Waals surface area contributed by atoms with E-state index in [9.17, 15) is 76.0 Å². The third kappa shape index (κ3) is 26.0. The molecule has 510 valence electrons. The van der Waals surface area contributed by atoms with Crippen molar-refractivity contribution in [2.45, 2.75) is 335 Å². The highest BCUT2D eigenvalue weighted by atomic mass is 16.8. The molecule has 4 heterocycles. The molecule has 0 bridgehead atoms. The zero-order valence-electron chi connectivity index (χ0n) is 52.1. The summed E-state index contributed by atoms with van der Waals surface area (Å²) in [6.07, 6.45) is 0.0598. The fourth-order valence-electron chi connectivity index (χ4n) is 11.7. The van der Waals surface area contributed by atoms with Crippen LogP contribution in [0.4, 0.5) is 0 Å². The highest BCUT2D eigenvalue weighted by Crippen LogP contribution is 2.35. The van der Waals surface area contributed by atoms with Crippen LogP contribution >= 0.6 is 0 Å². The molecule has 2 amide bonds. The molecule has 0 radical (unpaired) electrons. The number of amides is 2. The smallest absolute Gasteiger partial charge is 0.220 e. The molecule has 3 unspecified atom stereocenters. The van der Waals surface area contributed by atoms with E-state index in [1.165, 1.54) is 116 Å². The number of unbranched alkanes of at least 4 members (excludes halogenated alkanes) is 25. The van der Waals surface area contributed by atoms with Crippen LogP contribution in [0, 0.1) is 0 Å². The first-order valence-corrected chi connectivity index (χ1v) is 32.9. The second-order valence-corrected chi connectivity index (χ2v) is 24.3. The number of carbonyl (C=O) groups excluding carboxylic acids is 2. The summed E-state index contributed by atoms with van der Waals surface area (Å²) in [5, 5.41) is 147. The molecule has 22 atom stereocenters. The van der Waals surface area contributed by atoms with E-state index in [0.717, 1.165) is 51.9 Å². The first-order valence-electron chi connectivity index (χ1n) is 32.9. The molecular weight excluding hydrogens is 1140 g/mol. The van der Waals surface area contributed by atoms with E-state index in [2.05, 4.69) is 24.5 Å². The lowest BCUT2D eigenvalue weighted by molar-refractivity contribution is -0.380.